The smallest absolute Gasteiger partial charge is 0.261 e. The molecule has 3 aromatic carbocycles. The summed E-state index contributed by atoms with van der Waals surface area (Å²) in [6.07, 6.45) is 0.810. The maximum Gasteiger partial charge on any atom is 0.261 e. The van der Waals surface area contributed by atoms with Crippen LogP contribution in [-0.4, -0.2) is 37.4 Å². The molecular weight excluding hydrogens is 550 g/mol. The fraction of sp³-hybridized carbons (Fsp3) is 0.200. The van der Waals surface area contributed by atoms with E-state index in [1.54, 1.807) is 37.4 Å². The summed E-state index contributed by atoms with van der Waals surface area (Å²) in [4.78, 5) is 12.9. The molecular formula is C25H26BrN3O4S2. The number of carbonyl (C=O) groups is 1. The summed E-state index contributed by atoms with van der Waals surface area (Å²) in [5, 5.41) is 5.62. The number of benzene rings is 3. The summed E-state index contributed by atoms with van der Waals surface area (Å²) in [5.74, 6) is 0.0427. The van der Waals surface area contributed by atoms with E-state index in [1.807, 2.05) is 37.3 Å². The van der Waals surface area contributed by atoms with Crippen molar-refractivity contribution in [3.63, 3.8) is 0 Å². The van der Waals surface area contributed by atoms with Gasteiger partial charge in [-0.3, -0.25) is 10.1 Å². The van der Waals surface area contributed by atoms with Crippen molar-refractivity contribution in [3.05, 3.63) is 88.4 Å². The van der Waals surface area contributed by atoms with Gasteiger partial charge in [-0.15, -0.1) is 0 Å². The van der Waals surface area contributed by atoms with E-state index in [9.17, 15) is 13.2 Å². The van der Waals surface area contributed by atoms with Crippen LogP contribution >= 0.6 is 28.1 Å². The number of sulfonamides is 1. The third kappa shape index (κ3) is 7.35. The molecule has 0 bridgehead atoms. The zero-order valence-corrected chi connectivity index (χ0v) is 22.5. The molecule has 1 amide bonds. The average Bonchev–Trinajstić information content (AvgIpc) is 2.84. The number of halogens is 1. The highest BCUT2D eigenvalue weighted by Crippen LogP contribution is 2.24. The molecule has 7 nitrogen and oxygen atoms in total. The minimum absolute atomic E-state index is 0.0771. The third-order valence-electron chi connectivity index (χ3n) is 4.94. The zero-order chi connectivity index (χ0) is 25.4. The lowest BCUT2D eigenvalue weighted by molar-refractivity contribution is 0.0973. The highest BCUT2D eigenvalue weighted by molar-refractivity contribution is 9.10. The highest BCUT2D eigenvalue weighted by atomic mass is 79.9. The van der Waals surface area contributed by atoms with E-state index in [-0.39, 0.29) is 16.6 Å². The first-order valence-corrected chi connectivity index (χ1v) is 13.5. The lowest BCUT2D eigenvalue weighted by Crippen LogP contribution is -2.34. The molecule has 0 aliphatic rings. The number of hydrogen-bond donors (Lipinski definition) is 2. The largest absolute Gasteiger partial charge is 0.493 e. The Balaban J connectivity index is 1.64. The number of amides is 1. The number of ether oxygens (including phenoxy) is 1. The quantitative estimate of drug-likeness (QED) is 0.341. The molecule has 184 valence electrons. The SMILES string of the molecule is CCCOc1ccc(Br)cc1C(=O)NC(=S)Nc1ccc(S(=O)(=O)N(C)Cc2ccccc2)cc1. The fourth-order valence-corrected chi connectivity index (χ4v) is 4.90. The first-order valence-electron chi connectivity index (χ1n) is 10.9. The lowest BCUT2D eigenvalue weighted by atomic mass is 10.2. The molecule has 0 heterocycles. The molecule has 3 aromatic rings. The van der Waals surface area contributed by atoms with Gasteiger partial charge in [-0.25, -0.2) is 8.42 Å². The van der Waals surface area contributed by atoms with E-state index < -0.39 is 15.9 Å². The van der Waals surface area contributed by atoms with Crippen molar-refractivity contribution in [1.29, 1.82) is 0 Å². The minimum atomic E-state index is -3.67. The van der Waals surface area contributed by atoms with Crippen molar-refractivity contribution < 1.29 is 17.9 Å². The molecule has 0 unspecified atom stereocenters. The third-order valence-corrected chi connectivity index (χ3v) is 7.46. The predicted octanol–water partition coefficient (Wildman–Crippen LogP) is 5.19. The maximum absolute atomic E-state index is 12.9. The molecule has 3 rings (SSSR count). The van der Waals surface area contributed by atoms with Crippen molar-refractivity contribution in [1.82, 2.24) is 9.62 Å². The van der Waals surface area contributed by atoms with Crippen LogP contribution in [-0.2, 0) is 16.6 Å². The van der Waals surface area contributed by atoms with Crippen LogP contribution in [0, 0.1) is 0 Å². The van der Waals surface area contributed by atoms with Gasteiger partial charge in [-0.1, -0.05) is 53.2 Å². The van der Waals surface area contributed by atoms with E-state index in [0.29, 0.717) is 23.6 Å². The fourth-order valence-electron chi connectivity index (χ4n) is 3.17. The van der Waals surface area contributed by atoms with Crippen molar-refractivity contribution in [2.45, 2.75) is 24.8 Å². The normalized spacial score (nSPS) is 11.2. The number of nitrogens with zero attached hydrogens (tertiary/aromatic N) is 1. The lowest BCUT2D eigenvalue weighted by Gasteiger charge is -2.18. The van der Waals surface area contributed by atoms with Crippen LogP contribution in [0.25, 0.3) is 0 Å². The second kappa shape index (κ2) is 12.3. The summed E-state index contributed by atoms with van der Waals surface area (Å²) >= 11 is 8.64. The Morgan fingerprint density at radius 1 is 1.06 bits per heavy atom. The first kappa shape index (κ1) is 26.8. The van der Waals surface area contributed by atoms with Crippen LogP contribution in [0.5, 0.6) is 5.75 Å². The molecule has 10 heteroatoms. The van der Waals surface area contributed by atoms with E-state index >= 15 is 0 Å². The molecule has 0 aliphatic heterocycles. The van der Waals surface area contributed by atoms with Crippen molar-refractivity contribution in [2.24, 2.45) is 0 Å². The summed E-state index contributed by atoms with van der Waals surface area (Å²) < 4.78 is 33.5. The summed E-state index contributed by atoms with van der Waals surface area (Å²) in [7, 11) is -2.13. The van der Waals surface area contributed by atoms with Crippen LogP contribution in [0.2, 0.25) is 0 Å². The van der Waals surface area contributed by atoms with Crippen LogP contribution in [0.3, 0.4) is 0 Å². The van der Waals surface area contributed by atoms with E-state index in [4.69, 9.17) is 17.0 Å². The van der Waals surface area contributed by atoms with Crippen molar-refractivity contribution >= 4 is 54.9 Å². The molecule has 0 saturated heterocycles. The van der Waals surface area contributed by atoms with E-state index in [1.165, 1.54) is 16.4 Å². The van der Waals surface area contributed by atoms with E-state index in [2.05, 4.69) is 26.6 Å². The maximum atomic E-state index is 12.9. The Hall–Kier alpha value is -2.79. The van der Waals surface area contributed by atoms with Gasteiger partial charge in [0.2, 0.25) is 10.0 Å². The number of anilines is 1. The van der Waals surface area contributed by atoms with Crippen LogP contribution in [0.15, 0.2) is 82.2 Å². The average molecular weight is 577 g/mol. The topological polar surface area (TPSA) is 87.7 Å². The van der Waals surface area contributed by atoms with Crippen LogP contribution in [0.4, 0.5) is 5.69 Å². The zero-order valence-electron chi connectivity index (χ0n) is 19.3. The number of thiocarbonyl (C=S) groups is 1. The van der Waals surface area contributed by atoms with Gasteiger partial charge in [0.15, 0.2) is 5.11 Å². The molecule has 0 spiro atoms. The highest BCUT2D eigenvalue weighted by Gasteiger charge is 2.21. The van der Waals surface area contributed by atoms with Gasteiger partial charge in [0.25, 0.3) is 5.91 Å². The Labute approximate surface area is 219 Å². The molecule has 2 N–H and O–H groups in total. The van der Waals surface area contributed by atoms with Gasteiger partial charge >= 0.3 is 0 Å². The number of nitrogens with one attached hydrogen (secondary N) is 2. The number of carbonyl (C=O) groups excluding carboxylic acids is 1. The monoisotopic (exact) mass is 575 g/mol. The second-order valence-corrected chi connectivity index (χ2v) is 11.0. The van der Waals surface area contributed by atoms with Gasteiger partial charge in [0, 0.05) is 23.8 Å². The van der Waals surface area contributed by atoms with Crippen LogP contribution < -0.4 is 15.4 Å². The molecule has 0 radical (unpaired) electrons. The Kier molecular flexibility index (Phi) is 9.39. The molecule has 0 aromatic heterocycles. The Bertz CT molecular complexity index is 1280. The Morgan fingerprint density at radius 2 is 1.74 bits per heavy atom. The molecule has 0 atom stereocenters. The van der Waals surface area contributed by atoms with Gasteiger partial charge in [0.05, 0.1) is 17.1 Å². The van der Waals surface area contributed by atoms with Gasteiger partial charge in [-0.05, 0) is 66.7 Å². The second-order valence-electron chi connectivity index (χ2n) is 7.67. The molecule has 35 heavy (non-hydrogen) atoms. The molecule has 0 fully saturated rings. The standard InChI is InChI=1S/C25H26BrN3O4S2/c1-3-15-33-23-14-9-19(26)16-22(23)24(30)28-25(34)27-20-10-12-21(13-11-20)35(31,32)29(2)17-18-7-5-4-6-8-18/h4-14,16H,3,15,17H2,1-2H3,(H2,27,28,30,34). The van der Waals surface area contributed by atoms with Gasteiger partial charge < -0.3 is 10.1 Å². The predicted molar refractivity (Wildman–Crippen MR) is 145 cm³/mol. The molecule has 0 aliphatic carbocycles. The first-order chi connectivity index (χ1) is 16.7. The Morgan fingerprint density at radius 3 is 2.40 bits per heavy atom. The van der Waals surface area contributed by atoms with Crippen molar-refractivity contribution in [3.8, 4) is 5.75 Å². The molecule has 0 saturated carbocycles. The van der Waals surface area contributed by atoms with Crippen molar-refractivity contribution in [2.75, 3.05) is 19.0 Å². The van der Waals surface area contributed by atoms with Crippen LogP contribution in [0.1, 0.15) is 29.3 Å². The summed E-state index contributed by atoms with van der Waals surface area (Å²) in [6, 6.07) is 20.7. The van der Waals surface area contributed by atoms with E-state index in [0.717, 1.165) is 16.5 Å². The van der Waals surface area contributed by atoms with Gasteiger partial charge in [-0.2, -0.15) is 4.31 Å². The summed E-state index contributed by atoms with van der Waals surface area (Å²) in [6.45, 7) is 2.73. The number of rotatable bonds is 9. The summed E-state index contributed by atoms with van der Waals surface area (Å²) in [5.41, 5.74) is 1.78. The minimum Gasteiger partial charge on any atom is -0.493 e. The number of hydrogen-bond acceptors (Lipinski definition) is 5. The van der Waals surface area contributed by atoms with Gasteiger partial charge in [0.1, 0.15) is 5.75 Å².